The van der Waals surface area contributed by atoms with Crippen molar-refractivity contribution in [2.75, 3.05) is 18.4 Å². The predicted molar refractivity (Wildman–Crippen MR) is 100 cm³/mol. The number of nitrogens with zero attached hydrogens (tertiary/aromatic N) is 2. The largest absolute Gasteiger partial charge is 0.298 e. The van der Waals surface area contributed by atoms with E-state index in [-0.39, 0.29) is 5.91 Å². The minimum absolute atomic E-state index is 0.235. The second-order valence-electron chi connectivity index (χ2n) is 6.21. The molecule has 1 aliphatic heterocycles. The van der Waals surface area contributed by atoms with Gasteiger partial charge in [-0.2, -0.15) is 0 Å². The van der Waals surface area contributed by atoms with E-state index < -0.39 is 0 Å². The molecule has 0 radical (unpaired) electrons. The van der Waals surface area contributed by atoms with Crippen LogP contribution in [0.25, 0.3) is 0 Å². The molecular weight excluding hydrogens is 365 g/mol. The molecule has 1 aromatic heterocycles. The van der Waals surface area contributed by atoms with Gasteiger partial charge in [-0.15, -0.1) is 11.3 Å². The van der Waals surface area contributed by atoms with Crippen molar-refractivity contribution in [1.29, 1.82) is 0 Å². The lowest BCUT2D eigenvalue weighted by molar-refractivity contribution is 0.102. The van der Waals surface area contributed by atoms with Gasteiger partial charge in [-0.05, 0) is 43.5 Å². The summed E-state index contributed by atoms with van der Waals surface area (Å²) in [4.78, 5) is 19.2. The average molecular weight is 384 g/mol. The number of hydrogen-bond donors (Lipinski definition) is 1. The summed E-state index contributed by atoms with van der Waals surface area (Å²) < 4.78 is 0. The molecule has 3 rings (SSSR count). The van der Waals surface area contributed by atoms with Gasteiger partial charge in [0.05, 0.1) is 15.7 Å². The molecule has 2 heterocycles. The van der Waals surface area contributed by atoms with Crippen LogP contribution in [0, 0.1) is 5.92 Å². The minimum atomic E-state index is -0.235. The summed E-state index contributed by atoms with van der Waals surface area (Å²) in [5.74, 6) is 0.507. The number of thiazole rings is 1. The van der Waals surface area contributed by atoms with Crippen molar-refractivity contribution in [3.63, 3.8) is 0 Å². The fourth-order valence-electron chi connectivity index (χ4n) is 2.90. The number of amides is 1. The molecule has 2 aromatic rings. The summed E-state index contributed by atoms with van der Waals surface area (Å²) in [5.41, 5.74) is 1.46. The molecule has 24 heavy (non-hydrogen) atoms. The van der Waals surface area contributed by atoms with E-state index in [4.69, 9.17) is 23.2 Å². The van der Waals surface area contributed by atoms with Gasteiger partial charge in [0.15, 0.2) is 5.13 Å². The zero-order valence-electron chi connectivity index (χ0n) is 13.4. The van der Waals surface area contributed by atoms with Crippen molar-refractivity contribution in [1.82, 2.24) is 9.88 Å². The Balaban J connectivity index is 1.61. The topological polar surface area (TPSA) is 45.2 Å². The highest BCUT2D eigenvalue weighted by Gasteiger charge is 2.18. The van der Waals surface area contributed by atoms with E-state index in [1.165, 1.54) is 24.2 Å². The van der Waals surface area contributed by atoms with Crippen LogP contribution in [0.3, 0.4) is 0 Å². The maximum Gasteiger partial charge on any atom is 0.257 e. The zero-order valence-corrected chi connectivity index (χ0v) is 15.7. The Labute approximate surface area is 155 Å². The van der Waals surface area contributed by atoms with E-state index in [1.807, 2.05) is 5.38 Å². The first-order valence-corrected chi connectivity index (χ1v) is 9.58. The molecule has 1 aromatic carbocycles. The Morgan fingerprint density at radius 2 is 2.25 bits per heavy atom. The summed E-state index contributed by atoms with van der Waals surface area (Å²) in [6.07, 6.45) is 2.55. The summed E-state index contributed by atoms with van der Waals surface area (Å²) in [6, 6.07) is 4.82. The third-order valence-corrected chi connectivity index (χ3v) is 5.63. The first-order valence-electron chi connectivity index (χ1n) is 7.94. The predicted octanol–water partition coefficient (Wildman–Crippen LogP) is 4.93. The molecule has 1 atom stereocenters. The number of carbonyl (C=O) groups is 1. The Kier molecular flexibility index (Phi) is 5.76. The number of piperidine rings is 1. The maximum atomic E-state index is 12.3. The van der Waals surface area contributed by atoms with Crippen molar-refractivity contribution in [2.45, 2.75) is 26.3 Å². The van der Waals surface area contributed by atoms with Crippen molar-refractivity contribution in [3.05, 3.63) is 44.9 Å². The molecule has 1 aliphatic rings. The number of likely N-dealkylation sites (tertiary alicyclic amines) is 1. The molecule has 0 aliphatic carbocycles. The Bertz CT molecular complexity index is 734. The minimum Gasteiger partial charge on any atom is -0.298 e. The Hall–Kier alpha value is -1.14. The lowest BCUT2D eigenvalue weighted by Gasteiger charge is -2.30. The molecule has 0 unspecified atom stereocenters. The third-order valence-electron chi connectivity index (χ3n) is 4.08. The van der Waals surface area contributed by atoms with Crippen LogP contribution in [-0.4, -0.2) is 28.9 Å². The number of carbonyl (C=O) groups excluding carboxylic acids is 1. The van der Waals surface area contributed by atoms with Gasteiger partial charge in [0.1, 0.15) is 0 Å². The fraction of sp³-hybridized carbons (Fsp3) is 0.412. The molecule has 128 valence electrons. The molecule has 4 nitrogen and oxygen atoms in total. The van der Waals surface area contributed by atoms with Crippen LogP contribution in [-0.2, 0) is 6.54 Å². The van der Waals surface area contributed by atoms with Crippen LogP contribution < -0.4 is 5.32 Å². The smallest absolute Gasteiger partial charge is 0.257 e. The van der Waals surface area contributed by atoms with Gasteiger partial charge >= 0.3 is 0 Å². The first-order chi connectivity index (χ1) is 11.5. The summed E-state index contributed by atoms with van der Waals surface area (Å²) >= 11 is 13.3. The van der Waals surface area contributed by atoms with Gasteiger partial charge in [-0.1, -0.05) is 30.1 Å². The maximum absolute atomic E-state index is 12.3. The number of aromatic nitrogens is 1. The molecular formula is C17H19Cl2N3OS. The molecule has 0 spiro atoms. The second kappa shape index (κ2) is 7.83. The van der Waals surface area contributed by atoms with E-state index in [0.717, 1.165) is 31.2 Å². The van der Waals surface area contributed by atoms with Crippen LogP contribution in [0.2, 0.25) is 10.0 Å². The molecule has 1 amide bonds. The van der Waals surface area contributed by atoms with Crippen molar-refractivity contribution < 1.29 is 4.79 Å². The zero-order chi connectivity index (χ0) is 17.1. The van der Waals surface area contributed by atoms with Gasteiger partial charge in [0, 0.05) is 24.0 Å². The Morgan fingerprint density at radius 3 is 3.00 bits per heavy atom. The van der Waals surface area contributed by atoms with Crippen molar-refractivity contribution in [2.24, 2.45) is 5.92 Å². The van der Waals surface area contributed by atoms with E-state index in [1.54, 1.807) is 18.2 Å². The lowest BCUT2D eigenvalue weighted by atomic mass is 10.0. The standard InChI is InChI=1S/C17H19Cl2N3OS/c1-11-3-2-6-22(8-11)9-13-10-24-17(20-13)21-16(23)12-4-5-14(18)15(19)7-12/h4-5,7,10-11H,2-3,6,8-9H2,1H3,(H,20,21,23)/t11-/m0/s1. The number of rotatable bonds is 4. The van der Waals surface area contributed by atoms with Gasteiger partial charge in [-0.25, -0.2) is 4.98 Å². The monoisotopic (exact) mass is 383 g/mol. The number of halogens is 2. The average Bonchev–Trinajstić information content (AvgIpc) is 2.97. The van der Waals surface area contributed by atoms with Gasteiger partial charge in [0.2, 0.25) is 0 Å². The highest BCUT2D eigenvalue weighted by Crippen LogP contribution is 2.24. The quantitative estimate of drug-likeness (QED) is 0.813. The van der Waals surface area contributed by atoms with Gasteiger partial charge in [0.25, 0.3) is 5.91 Å². The van der Waals surface area contributed by atoms with E-state index in [9.17, 15) is 4.79 Å². The molecule has 1 N–H and O–H groups in total. The molecule has 1 fully saturated rings. The highest BCUT2D eigenvalue weighted by atomic mass is 35.5. The van der Waals surface area contributed by atoms with Gasteiger partial charge in [-0.3, -0.25) is 15.0 Å². The number of benzene rings is 1. The van der Waals surface area contributed by atoms with Crippen LogP contribution in [0.15, 0.2) is 23.6 Å². The van der Waals surface area contributed by atoms with Crippen LogP contribution in [0.4, 0.5) is 5.13 Å². The lowest BCUT2D eigenvalue weighted by Crippen LogP contribution is -2.33. The normalized spacial score (nSPS) is 18.5. The van der Waals surface area contributed by atoms with Crippen molar-refractivity contribution >= 4 is 45.6 Å². The fourth-order valence-corrected chi connectivity index (χ4v) is 3.90. The molecule has 1 saturated heterocycles. The third kappa shape index (κ3) is 4.48. The Morgan fingerprint density at radius 1 is 1.42 bits per heavy atom. The molecule has 0 saturated carbocycles. The number of nitrogens with one attached hydrogen (secondary N) is 1. The number of hydrogen-bond acceptors (Lipinski definition) is 4. The van der Waals surface area contributed by atoms with E-state index in [0.29, 0.717) is 20.7 Å². The van der Waals surface area contributed by atoms with Gasteiger partial charge < -0.3 is 0 Å². The van der Waals surface area contributed by atoms with Crippen LogP contribution in [0.1, 0.15) is 35.8 Å². The van der Waals surface area contributed by atoms with Crippen LogP contribution in [0.5, 0.6) is 0 Å². The summed E-state index contributed by atoms with van der Waals surface area (Å²) in [7, 11) is 0. The summed E-state index contributed by atoms with van der Waals surface area (Å²) in [5, 5.41) is 6.22. The first kappa shape index (κ1) is 17.7. The summed E-state index contributed by atoms with van der Waals surface area (Å²) in [6.45, 7) is 5.36. The number of anilines is 1. The molecule has 0 bridgehead atoms. The van der Waals surface area contributed by atoms with E-state index in [2.05, 4.69) is 22.1 Å². The molecule has 7 heteroatoms. The van der Waals surface area contributed by atoms with Crippen LogP contribution >= 0.6 is 34.5 Å². The second-order valence-corrected chi connectivity index (χ2v) is 7.88. The SMILES string of the molecule is C[C@H]1CCCN(Cc2csc(NC(=O)c3ccc(Cl)c(Cl)c3)n2)C1. The van der Waals surface area contributed by atoms with E-state index >= 15 is 0 Å². The highest BCUT2D eigenvalue weighted by molar-refractivity contribution is 7.14. The van der Waals surface area contributed by atoms with Crippen molar-refractivity contribution in [3.8, 4) is 0 Å².